The van der Waals surface area contributed by atoms with Crippen LogP contribution in [0.3, 0.4) is 0 Å². The number of nitrogens with zero attached hydrogens (tertiary/aromatic N) is 3. The lowest BCUT2D eigenvalue weighted by molar-refractivity contribution is 0.673. The van der Waals surface area contributed by atoms with Crippen molar-refractivity contribution in [2.24, 2.45) is 0 Å². The van der Waals surface area contributed by atoms with Gasteiger partial charge >= 0.3 is 0 Å². The van der Waals surface area contributed by atoms with E-state index in [4.69, 9.17) is 19.4 Å². The standard InChI is InChI=1S/C53H33N3O/c1-4-16-34(17-5-1)38-30-39(35-18-6-2-7-19-35)32-40(31-38)52-54-51(37-21-8-3-9-22-37)55-53(56-52)46-33-47-49-44(42-27-14-23-36-20-10-11-24-41(36)42)28-15-29-48(49)57-50(47)45-26-13-12-25-43(45)46/h1-33H. The van der Waals surface area contributed by atoms with Gasteiger partial charge in [0.25, 0.3) is 0 Å². The average Bonchev–Trinajstić information content (AvgIpc) is 3.68. The molecule has 0 unspecified atom stereocenters. The van der Waals surface area contributed by atoms with Gasteiger partial charge < -0.3 is 4.42 Å². The van der Waals surface area contributed by atoms with Crippen LogP contribution in [-0.2, 0) is 0 Å². The highest BCUT2D eigenvalue weighted by atomic mass is 16.3. The van der Waals surface area contributed by atoms with Crippen molar-refractivity contribution in [1.82, 2.24) is 15.0 Å². The van der Waals surface area contributed by atoms with Crippen LogP contribution in [0, 0.1) is 0 Å². The Labute approximate surface area is 329 Å². The van der Waals surface area contributed by atoms with Crippen molar-refractivity contribution in [3.63, 3.8) is 0 Å². The highest BCUT2D eigenvalue weighted by Gasteiger charge is 2.21. The Morgan fingerprint density at radius 2 is 0.807 bits per heavy atom. The molecule has 11 aromatic rings. The largest absolute Gasteiger partial charge is 0.455 e. The number of rotatable bonds is 6. The summed E-state index contributed by atoms with van der Waals surface area (Å²) in [4.78, 5) is 15.8. The second kappa shape index (κ2) is 13.6. The quantitative estimate of drug-likeness (QED) is 0.171. The van der Waals surface area contributed by atoms with Crippen molar-refractivity contribution >= 4 is 43.5 Å². The highest BCUT2D eigenvalue weighted by molar-refractivity contribution is 6.23. The predicted molar refractivity (Wildman–Crippen MR) is 235 cm³/mol. The van der Waals surface area contributed by atoms with Crippen molar-refractivity contribution in [2.45, 2.75) is 0 Å². The van der Waals surface area contributed by atoms with Crippen LogP contribution in [-0.4, -0.2) is 15.0 Å². The van der Waals surface area contributed by atoms with Gasteiger partial charge in [0.1, 0.15) is 11.2 Å². The first-order valence-corrected chi connectivity index (χ1v) is 19.2. The van der Waals surface area contributed by atoms with Crippen LogP contribution in [0.1, 0.15) is 0 Å². The molecule has 57 heavy (non-hydrogen) atoms. The van der Waals surface area contributed by atoms with Gasteiger partial charge in [-0.15, -0.1) is 0 Å². The number of furan rings is 1. The van der Waals surface area contributed by atoms with E-state index in [0.717, 1.165) is 82.8 Å². The van der Waals surface area contributed by atoms with Crippen molar-refractivity contribution in [3.05, 3.63) is 200 Å². The molecule has 0 atom stereocenters. The first-order chi connectivity index (χ1) is 28.2. The summed E-state index contributed by atoms with van der Waals surface area (Å²) in [6, 6.07) is 69.8. The molecule has 0 fully saturated rings. The zero-order valence-electron chi connectivity index (χ0n) is 30.8. The molecular formula is C53H33N3O. The van der Waals surface area contributed by atoms with Gasteiger partial charge in [-0.2, -0.15) is 0 Å². The number of hydrogen-bond donors (Lipinski definition) is 0. The smallest absolute Gasteiger partial charge is 0.164 e. The Morgan fingerprint density at radius 1 is 0.298 bits per heavy atom. The van der Waals surface area contributed by atoms with Crippen LogP contribution < -0.4 is 0 Å². The number of fused-ring (bicyclic) bond motifs is 6. The summed E-state index contributed by atoms with van der Waals surface area (Å²) >= 11 is 0. The third-order valence-corrected chi connectivity index (χ3v) is 10.9. The first-order valence-electron chi connectivity index (χ1n) is 19.2. The summed E-state index contributed by atoms with van der Waals surface area (Å²) in [5, 5.41) is 6.49. The highest BCUT2D eigenvalue weighted by Crippen LogP contribution is 2.44. The van der Waals surface area contributed by atoms with Gasteiger partial charge in [0.15, 0.2) is 17.5 Å². The Morgan fingerprint density at radius 3 is 1.51 bits per heavy atom. The Balaban J connectivity index is 1.19. The second-order valence-electron chi connectivity index (χ2n) is 14.4. The molecular weight excluding hydrogens is 695 g/mol. The molecule has 0 aliphatic rings. The lowest BCUT2D eigenvalue weighted by Gasteiger charge is -2.13. The van der Waals surface area contributed by atoms with Gasteiger partial charge in [0, 0.05) is 32.8 Å². The molecule has 266 valence electrons. The fourth-order valence-corrected chi connectivity index (χ4v) is 8.21. The van der Waals surface area contributed by atoms with Gasteiger partial charge in [0.2, 0.25) is 0 Å². The van der Waals surface area contributed by atoms with Crippen LogP contribution in [0.2, 0.25) is 0 Å². The lowest BCUT2D eigenvalue weighted by Crippen LogP contribution is -2.01. The van der Waals surface area contributed by atoms with E-state index in [1.807, 2.05) is 30.3 Å². The topological polar surface area (TPSA) is 51.8 Å². The van der Waals surface area contributed by atoms with Crippen molar-refractivity contribution in [2.75, 3.05) is 0 Å². The summed E-state index contributed by atoms with van der Waals surface area (Å²) in [5.74, 6) is 1.81. The minimum Gasteiger partial charge on any atom is -0.455 e. The van der Waals surface area contributed by atoms with E-state index in [-0.39, 0.29) is 0 Å². The van der Waals surface area contributed by atoms with Gasteiger partial charge in [0.05, 0.1) is 0 Å². The minimum atomic E-state index is 0.598. The molecule has 0 saturated carbocycles. The maximum absolute atomic E-state index is 6.77. The fraction of sp³-hybridized carbons (Fsp3) is 0. The maximum atomic E-state index is 6.77. The summed E-state index contributed by atoms with van der Waals surface area (Å²) in [6.45, 7) is 0. The molecule has 0 aliphatic heterocycles. The Kier molecular flexibility index (Phi) is 7.78. The molecule has 11 rings (SSSR count). The van der Waals surface area contributed by atoms with E-state index in [1.54, 1.807) is 0 Å². The van der Waals surface area contributed by atoms with Gasteiger partial charge in [-0.25, -0.2) is 15.0 Å². The molecule has 0 saturated heterocycles. The van der Waals surface area contributed by atoms with Gasteiger partial charge in [-0.3, -0.25) is 0 Å². The molecule has 4 nitrogen and oxygen atoms in total. The molecule has 2 heterocycles. The zero-order chi connectivity index (χ0) is 37.7. The monoisotopic (exact) mass is 727 g/mol. The molecule has 4 heteroatoms. The van der Waals surface area contributed by atoms with Crippen LogP contribution in [0.4, 0.5) is 0 Å². The van der Waals surface area contributed by atoms with E-state index in [1.165, 1.54) is 10.8 Å². The predicted octanol–water partition coefficient (Wildman–Crippen LogP) is 14.1. The molecule has 0 aliphatic carbocycles. The van der Waals surface area contributed by atoms with E-state index in [9.17, 15) is 0 Å². The summed E-state index contributed by atoms with van der Waals surface area (Å²) in [5.41, 5.74) is 11.1. The number of aromatic nitrogens is 3. The van der Waals surface area contributed by atoms with E-state index in [0.29, 0.717) is 17.5 Å². The Hall–Kier alpha value is -7.69. The molecule has 0 spiro atoms. The summed E-state index contributed by atoms with van der Waals surface area (Å²) in [6.07, 6.45) is 0. The van der Waals surface area contributed by atoms with Crippen LogP contribution >= 0.6 is 0 Å². The van der Waals surface area contributed by atoms with Crippen LogP contribution in [0.15, 0.2) is 205 Å². The summed E-state index contributed by atoms with van der Waals surface area (Å²) in [7, 11) is 0. The van der Waals surface area contributed by atoms with Crippen molar-refractivity contribution < 1.29 is 4.42 Å². The molecule has 2 aromatic heterocycles. The molecule has 0 bridgehead atoms. The van der Waals surface area contributed by atoms with E-state index >= 15 is 0 Å². The van der Waals surface area contributed by atoms with E-state index in [2.05, 4.69) is 170 Å². The maximum Gasteiger partial charge on any atom is 0.164 e. The molecule has 0 radical (unpaired) electrons. The van der Waals surface area contributed by atoms with E-state index < -0.39 is 0 Å². The third kappa shape index (κ3) is 5.74. The van der Waals surface area contributed by atoms with Gasteiger partial charge in [-0.05, 0) is 79.9 Å². The van der Waals surface area contributed by atoms with Gasteiger partial charge in [-0.1, -0.05) is 170 Å². The SMILES string of the molecule is c1ccc(-c2cc(-c3ccccc3)cc(-c3nc(-c4ccccc4)nc(-c4cc5c(oc6cccc(-c7cccc8ccccc78)c65)c5ccccc45)n3)c2)cc1. The summed E-state index contributed by atoms with van der Waals surface area (Å²) < 4.78 is 6.77. The molecule has 0 N–H and O–H groups in total. The third-order valence-electron chi connectivity index (χ3n) is 10.9. The van der Waals surface area contributed by atoms with Crippen LogP contribution in [0.25, 0.3) is 111 Å². The van der Waals surface area contributed by atoms with Crippen molar-refractivity contribution in [3.8, 4) is 67.5 Å². The second-order valence-corrected chi connectivity index (χ2v) is 14.4. The average molecular weight is 728 g/mol. The normalized spacial score (nSPS) is 11.5. The van der Waals surface area contributed by atoms with Crippen molar-refractivity contribution in [1.29, 1.82) is 0 Å². The molecule has 9 aromatic carbocycles. The first kappa shape index (κ1) is 32.7. The lowest BCUT2D eigenvalue weighted by atomic mass is 9.93. The Bertz CT molecular complexity index is 3220. The number of benzene rings is 9. The zero-order valence-corrected chi connectivity index (χ0v) is 30.8. The minimum absolute atomic E-state index is 0.598. The van der Waals surface area contributed by atoms with Crippen LogP contribution in [0.5, 0.6) is 0 Å². The molecule has 0 amide bonds. The fourth-order valence-electron chi connectivity index (χ4n) is 8.21. The number of hydrogen-bond acceptors (Lipinski definition) is 4.